The molecule has 3 nitrogen and oxygen atoms in total. The van der Waals surface area contributed by atoms with E-state index in [-0.39, 0.29) is 0 Å². The van der Waals surface area contributed by atoms with Gasteiger partial charge in [-0.3, -0.25) is 0 Å². The van der Waals surface area contributed by atoms with Crippen molar-refractivity contribution in [3.05, 3.63) is 170 Å². The number of rotatable bonds is 4. The summed E-state index contributed by atoms with van der Waals surface area (Å²) in [6, 6.07) is 61.2. The van der Waals surface area contributed by atoms with Gasteiger partial charge >= 0.3 is 0 Å². The molecule has 8 aromatic carbocycles. The van der Waals surface area contributed by atoms with Crippen LogP contribution in [0.1, 0.15) is 0 Å². The summed E-state index contributed by atoms with van der Waals surface area (Å²) in [6.07, 6.45) is 0. The molecule has 3 aromatic heterocycles. The molecule has 0 unspecified atom stereocenters. The molecule has 0 aliphatic heterocycles. The maximum absolute atomic E-state index is 6.73. The van der Waals surface area contributed by atoms with E-state index in [0.29, 0.717) is 0 Å². The highest BCUT2D eigenvalue weighted by molar-refractivity contribution is 7.26. The first-order valence-corrected chi connectivity index (χ1v) is 17.8. The van der Waals surface area contributed by atoms with Gasteiger partial charge in [-0.15, -0.1) is 11.3 Å². The van der Waals surface area contributed by atoms with Crippen molar-refractivity contribution in [2.24, 2.45) is 0 Å². The van der Waals surface area contributed by atoms with Crippen molar-refractivity contribution >= 4 is 103 Å². The van der Waals surface area contributed by atoms with Crippen LogP contribution in [0.15, 0.2) is 174 Å². The van der Waals surface area contributed by atoms with E-state index in [9.17, 15) is 0 Å². The fraction of sp³-hybridized carbons (Fsp3) is 0. The Hall–Kier alpha value is -6.36. The van der Waals surface area contributed by atoms with E-state index in [1.807, 2.05) is 17.4 Å². The molecular formula is C46H28N2OS. The molecular weight excluding hydrogens is 629 g/mol. The fourth-order valence-electron chi connectivity index (χ4n) is 7.97. The van der Waals surface area contributed by atoms with Gasteiger partial charge in [-0.2, -0.15) is 0 Å². The van der Waals surface area contributed by atoms with Crippen LogP contribution in [0.25, 0.3) is 80.4 Å². The van der Waals surface area contributed by atoms with Crippen molar-refractivity contribution in [3.8, 4) is 5.69 Å². The molecule has 0 aliphatic carbocycles. The lowest BCUT2D eigenvalue weighted by molar-refractivity contribution is 0.669. The maximum atomic E-state index is 6.73. The lowest BCUT2D eigenvalue weighted by atomic mass is 10.1. The van der Waals surface area contributed by atoms with Crippen molar-refractivity contribution in [2.45, 2.75) is 0 Å². The van der Waals surface area contributed by atoms with Gasteiger partial charge in [0.1, 0.15) is 5.58 Å². The molecule has 11 rings (SSSR count). The zero-order valence-electron chi connectivity index (χ0n) is 26.9. The van der Waals surface area contributed by atoms with E-state index in [4.69, 9.17) is 4.42 Å². The molecule has 0 atom stereocenters. The highest BCUT2D eigenvalue weighted by atomic mass is 32.1. The van der Waals surface area contributed by atoms with Crippen molar-refractivity contribution in [3.63, 3.8) is 0 Å². The Morgan fingerprint density at radius 2 is 1.18 bits per heavy atom. The van der Waals surface area contributed by atoms with Crippen LogP contribution in [0.2, 0.25) is 0 Å². The molecule has 0 radical (unpaired) electrons. The quantitative estimate of drug-likeness (QED) is 0.188. The predicted molar refractivity (Wildman–Crippen MR) is 213 cm³/mol. The minimum Gasteiger partial charge on any atom is -0.454 e. The van der Waals surface area contributed by atoms with Gasteiger partial charge in [-0.25, -0.2) is 0 Å². The van der Waals surface area contributed by atoms with Crippen molar-refractivity contribution in [2.75, 3.05) is 4.90 Å². The zero-order valence-corrected chi connectivity index (χ0v) is 27.7. The zero-order chi connectivity index (χ0) is 32.8. The Morgan fingerprint density at radius 1 is 0.480 bits per heavy atom. The van der Waals surface area contributed by atoms with Gasteiger partial charge in [0.25, 0.3) is 0 Å². The normalized spacial score (nSPS) is 12.0. The van der Waals surface area contributed by atoms with Crippen molar-refractivity contribution in [1.82, 2.24) is 4.57 Å². The van der Waals surface area contributed by atoms with Crippen LogP contribution in [-0.2, 0) is 0 Å². The molecule has 0 aliphatic rings. The van der Waals surface area contributed by atoms with Crippen LogP contribution >= 0.6 is 11.3 Å². The van der Waals surface area contributed by atoms with E-state index in [0.717, 1.165) is 50.2 Å². The first-order valence-electron chi connectivity index (χ1n) is 16.9. The van der Waals surface area contributed by atoms with Gasteiger partial charge in [0.05, 0.1) is 22.4 Å². The van der Waals surface area contributed by atoms with E-state index < -0.39 is 0 Å². The van der Waals surface area contributed by atoms with Gasteiger partial charge in [-0.05, 0) is 59.3 Å². The van der Waals surface area contributed by atoms with Crippen LogP contribution in [0.4, 0.5) is 17.1 Å². The predicted octanol–water partition coefficient (Wildman–Crippen LogP) is 13.7. The van der Waals surface area contributed by atoms with Gasteiger partial charge in [-0.1, -0.05) is 121 Å². The number of para-hydroxylation sites is 5. The first-order chi connectivity index (χ1) is 24.8. The Morgan fingerprint density at radius 3 is 2.08 bits per heavy atom. The molecule has 0 fully saturated rings. The summed E-state index contributed by atoms with van der Waals surface area (Å²) >= 11 is 1.87. The van der Waals surface area contributed by atoms with Crippen LogP contribution in [0.5, 0.6) is 0 Å². The summed E-state index contributed by atoms with van der Waals surface area (Å²) in [6.45, 7) is 0. The number of aromatic nitrogens is 1. The van der Waals surface area contributed by atoms with Crippen LogP contribution < -0.4 is 4.90 Å². The van der Waals surface area contributed by atoms with Crippen molar-refractivity contribution < 1.29 is 4.42 Å². The van der Waals surface area contributed by atoms with E-state index in [1.54, 1.807) is 0 Å². The summed E-state index contributed by atoms with van der Waals surface area (Å²) in [5.74, 6) is 0. The maximum Gasteiger partial charge on any atom is 0.159 e. The second-order valence-corrected chi connectivity index (χ2v) is 13.9. The van der Waals surface area contributed by atoms with Crippen LogP contribution in [0.3, 0.4) is 0 Å². The number of fused-ring (bicyclic) bond motifs is 11. The van der Waals surface area contributed by atoms with Crippen LogP contribution in [-0.4, -0.2) is 4.57 Å². The fourth-order valence-corrected chi connectivity index (χ4v) is 9.25. The average molecular weight is 657 g/mol. The lowest BCUT2D eigenvalue weighted by Gasteiger charge is -2.27. The number of nitrogens with zero attached hydrogens (tertiary/aromatic N) is 2. The average Bonchev–Trinajstić information content (AvgIpc) is 3.86. The van der Waals surface area contributed by atoms with Gasteiger partial charge < -0.3 is 13.9 Å². The van der Waals surface area contributed by atoms with Gasteiger partial charge in [0.2, 0.25) is 0 Å². The molecule has 0 N–H and O–H groups in total. The van der Waals surface area contributed by atoms with E-state index in [1.165, 1.54) is 47.2 Å². The molecule has 0 amide bonds. The molecule has 0 bridgehead atoms. The molecule has 50 heavy (non-hydrogen) atoms. The number of hydrogen-bond donors (Lipinski definition) is 0. The molecule has 11 aromatic rings. The minimum atomic E-state index is 0.871. The number of furan rings is 1. The van der Waals surface area contributed by atoms with Gasteiger partial charge in [0, 0.05) is 53.1 Å². The molecule has 0 saturated carbocycles. The molecule has 4 heteroatoms. The largest absolute Gasteiger partial charge is 0.454 e. The smallest absolute Gasteiger partial charge is 0.159 e. The topological polar surface area (TPSA) is 21.3 Å². The Bertz CT molecular complexity index is 3110. The highest BCUT2D eigenvalue weighted by Gasteiger charge is 2.25. The van der Waals surface area contributed by atoms with Crippen molar-refractivity contribution in [1.29, 1.82) is 0 Å². The standard InChI is InChI=1S/C46H28N2OS/c1-2-13-30(14-3-1)48-39-20-8-6-16-33(39)36-18-10-21-40(44(36)48)47(41-22-11-19-37-34-17-7-9-23-42(34)49-45(37)41)31-25-27-35-38-26-24-29-12-4-5-15-32(29)46(38)50-43(35)28-31/h1-28H. The Labute approximate surface area is 291 Å². The molecule has 3 heterocycles. The Balaban J connectivity index is 1.26. The summed E-state index contributed by atoms with van der Waals surface area (Å²) in [5, 5.41) is 9.80. The summed E-state index contributed by atoms with van der Waals surface area (Å²) < 4.78 is 11.7. The molecule has 234 valence electrons. The Kier molecular flexibility index (Phi) is 5.83. The summed E-state index contributed by atoms with van der Waals surface area (Å²) in [7, 11) is 0. The highest BCUT2D eigenvalue weighted by Crippen LogP contribution is 2.48. The number of benzene rings is 8. The second kappa shape index (κ2) is 10.6. The third-order valence-corrected chi connectivity index (χ3v) is 11.4. The molecule has 0 saturated heterocycles. The third-order valence-electron chi connectivity index (χ3n) is 10.2. The summed E-state index contributed by atoms with van der Waals surface area (Å²) in [4.78, 5) is 2.41. The number of hydrogen-bond acceptors (Lipinski definition) is 3. The summed E-state index contributed by atoms with van der Waals surface area (Å²) in [5.41, 5.74) is 8.38. The van der Waals surface area contributed by atoms with E-state index >= 15 is 0 Å². The van der Waals surface area contributed by atoms with Crippen LogP contribution in [0, 0.1) is 0 Å². The SMILES string of the molecule is c1ccc(-n2c3ccccc3c3cccc(N(c4ccc5c(c4)sc4c6ccccc6ccc54)c4cccc5c4oc4ccccc45)c32)cc1. The monoisotopic (exact) mass is 656 g/mol. The second-order valence-electron chi connectivity index (χ2n) is 12.9. The first kappa shape index (κ1) is 27.6. The molecule has 0 spiro atoms. The minimum absolute atomic E-state index is 0.871. The van der Waals surface area contributed by atoms with E-state index in [2.05, 4.69) is 173 Å². The van der Waals surface area contributed by atoms with Gasteiger partial charge in [0.15, 0.2) is 5.58 Å². The number of anilines is 3. The number of thiophene rings is 1. The third kappa shape index (κ3) is 3.91. The lowest BCUT2D eigenvalue weighted by Crippen LogP contribution is -2.12.